The molecule has 1 aromatic rings. The van der Waals surface area contributed by atoms with Crippen LogP contribution < -0.4 is 15.8 Å². The number of hydrogen-bond acceptors (Lipinski definition) is 4. The average Bonchev–Trinajstić information content (AvgIpc) is 2.38. The van der Waals surface area contributed by atoms with Crippen molar-refractivity contribution in [3.63, 3.8) is 0 Å². The first-order valence-electron chi connectivity index (χ1n) is 5.88. The Morgan fingerprint density at radius 3 is 2.67 bits per heavy atom. The topological polar surface area (TPSA) is 67.6 Å². The Bertz CT molecular complexity index is 394. The molecule has 0 aromatic heterocycles. The van der Waals surface area contributed by atoms with E-state index in [0.29, 0.717) is 13.0 Å². The highest BCUT2D eigenvalue weighted by molar-refractivity contribution is 5.77. The van der Waals surface area contributed by atoms with Gasteiger partial charge in [-0.3, -0.25) is 4.79 Å². The number of methoxy groups -OCH3 is 1. The van der Waals surface area contributed by atoms with Crippen LogP contribution in [0, 0.1) is 0 Å². The first-order valence-corrected chi connectivity index (χ1v) is 5.88. The summed E-state index contributed by atoms with van der Waals surface area (Å²) in [6.07, 6.45) is 0.363. The van der Waals surface area contributed by atoms with E-state index in [1.165, 1.54) is 0 Å². The molecule has 0 aliphatic heterocycles. The number of nitrogens with one attached hydrogen (secondary N) is 1. The molecule has 0 spiro atoms. The van der Waals surface area contributed by atoms with Crippen LogP contribution in [-0.2, 0) is 4.79 Å². The molecule has 1 amide bonds. The molecule has 1 aromatic carbocycles. The summed E-state index contributed by atoms with van der Waals surface area (Å²) in [4.78, 5) is 13.2. The summed E-state index contributed by atoms with van der Waals surface area (Å²) in [7, 11) is 5.08. The molecule has 5 nitrogen and oxygen atoms in total. The van der Waals surface area contributed by atoms with Gasteiger partial charge in [0.1, 0.15) is 5.75 Å². The quantitative estimate of drug-likeness (QED) is 0.788. The van der Waals surface area contributed by atoms with E-state index in [-0.39, 0.29) is 11.9 Å². The molecule has 100 valence electrons. The summed E-state index contributed by atoms with van der Waals surface area (Å²) in [5.74, 6) is 0.793. The minimum atomic E-state index is -0.101. The van der Waals surface area contributed by atoms with Crippen molar-refractivity contribution in [3.8, 4) is 5.75 Å². The fraction of sp³-hybridized carbons (Fsp3) is 0.462. The van der Waals surface area contributed by atoms with E-state index >= 15 is 0 Å². The Morgan fingerprint density at radius 1 is 1.44 bits per heavy atom. The molecule has 1 unspecified atom stereocenters. The molecule has 0 heterocycles. The number of carbonyl (C=O) groups is 1. The number of benzene rings is 1. The van der Waals surface area contributed by atoms with E-state index in [4.69, 9.17) is 10.5 Å². The van der Waals surface area contributed by atoms with Gasteiger partial charge in [-0.25, -0.2) is 0 Å². The van der Waals surface area contributed by atoms with Gasteiger partial charge in [-0.1, -0.05) is 12.1 Å². The SMILES string of the molecule is COc1ccccc1NC(CN)CC(=O)N(C)C. The highest BCUT2D eigenvalue weighted by Gasteiger charge is 2.15. The summed E-state index contributed by atoms with van der Waals surface area (Å²) in [5.41, 5.74) is 6.54. The number of ether oxygens (including phenoxy) is 1. The molecule has 0 bridgehead atoms. The molecule has 0 aliphatic carbocycles. The van der Waals surface area contributed by atoms with Crippen LogP contribution in [0.15, 0.2) is 24.3 Å². The Balaban J connectivity index is 2.70. The standard InChI is InChI=1S/C13H21N3O2/c1-16(2)13(17)8-10(9-14)15-11-6-4-5-7-12(11)18-3/h4-7,10,15H,8-9,14H2,1-3H3. The van der Waals surface area contributed by atoms with E-state index in [2.05, 4.69) is 5.32 Å². The molecule has 1 rings (SSSR count). The molecule has 1 atom stereocenters. The maximum absolute atomic E-state index is 11.7. The molecular formula is C13H21N3O2. The zero-order chi connectivity index (χ0) is 13.5. The zero-order valence-corrected chi connectivity index (χ0v) is 11.1. The van der Waals surface area contributed by atoms with Gasteiger partial charge in [0.2, 0.25) is 5.91 Å². The fourth-order valence-electron chi connectivity index (χ4n) is 1.57. The number of carbonyl (C=O) groups excluding carboxylic acids is 1. The number of hydrogen-bond donors (Lipinski definition) is 2. The average molecular weight is 251 g/mol. The van der Waals surface area contributed by atoms with Crippen LogP contribution in [0.5, 0.6) is 5.75 Å². The van der Waals surface area contributed by atoms with E-state index in [1.807, 2.05) is 24.3 Å². The molecule has 18 heavy (non-hydrogen) atoms. The lowest BCUT2D eigenvalue weighted by molar-refractivity contribution is -0.128. The first kappa shape index (κ1) is 14.3. The minimum Gasteiger partial charge on any atom is -0.495 e. The van der Waals surface area contributed by atoms with Crippen molar-refractivity contribution in [2.45, 2.75) is 12.5 Å². The van der Waals surface area contributed by atoms with Crippen molar-refractivity contribution in [3.05, 3.63) is 24.3 Å². The normalized spacial score (nSPS) is 11.8. The maximum Gasteiger partial charge on any atom is 0.224 e. The van der Waals surface area contributed by atoms with Crippen LogP contribution in [-0.4, -0.2) is 44.6 Å². The van der Waals surface area contributed by atoms with Gasteiger partial charge in [0.15, 0.2) is 0 Å². The van der Waals surface area contributed by atoms with Gasteiger partial charge < -0.3 is 20.7 Å². The number of anilines is 1. The Hall–Kier alpha value is -1.75. The fourth-order valence-corrected chi connectivity index (χ4v) is 1.57. The van der Waals surface area contributed by atoms with Crippen molar-refractivity contribution >= 4 is 11.6 Å². The van der Waals surface area contributed by atoms with Gasteiger partial charge in [-0.15, -0.1) is 0 Å². The summed E-state index contributed by atoms with van der Waals surface area (Å²) < 4.78 is 5.24. The molecule has 5 heteroatoms. The second kappa shape index (κ2) is 6.86. The Kier molecular flexibility index (Phi) is 5.45. The van der Waals surface area contributed by atoms with Gasteiger partial charge in [0.25, 0.3) is 0 Å². The predicted molar refractivity (Wildman–Crippen MR) is 72.8 cm³/mol. The summed E-state index contributed by atoms with van der Waals surface area (Å²) >= 11 is 0. The van der Waals surface area contributed by atoms with Crippen LogP contribution in [0.3, 0.4) is 0 Å². The lowest BCUT2D eigenvalue weighted by Gasteiger charge is -2.21. The van der Waals surface area contributed by atoms with E-state index in [0.717, 1.165) is 11.4 Å². The Labute approximate surface area is 108 Å². The lowest BCUT2D eigenvalue weighted by atomic mass is 10.1. The third-order valence-corrected chi connectivity index (χ3v) is 2.67. The van der Waals surface area contributed by atoms with E-state index in [1.54, 1.807) is 26.1 Å². The van der Waals surface area contributed by atoms with Gasteiger partial charge in [-0.2, -0.15) is 0 Å². The smallest absolute Gasteiger partial charge is 0.224 e. The number of rotatable bonds is 6. The van der Waals surface area contributed by atoms with Crippen molar-refractivity contribution in [1.29, 1.82) is 0 Å². The van der Waals surface area contributed by atoms with Gasteiger partial charge >= 0.3 is 0 Å². The zero-order valence-electron chi connectivity index (χ0n) is 11.1. The van der Waals surface area contributed by atoms with E-state index in [9.17, 15) is 4.79 Å². The van der Waals surface area contributed by atoms with Gasteiger partial charge in [0, 0.05) is 33.1 Å². The van der Waals surface area contributed by atoms with Crippen molar-refractivity contribution < 1.29 is 9.53 Å². The second-order valence-corrected chi connectivity index (χ2v) is 4.27. The molecule has 3 N–H and O–H groups in total. The van der Waals surface area contributed by atoms with Crippen LogP contribution in [0.2, 0.25) is 0 Å². The minimum absolute atomic E-state index is 0.0489. The molecule has 0 saturated heterocycles. The highest BCUT2D eigenvalue weighted by Crippen LogP contribution is 2.24. The number of para-hydroxylation sites is 2. The van der Waals surface area contributed by atoms with E-state index < -0.39 is 0 Å². The molecule has 0 fully saturated rings. The maximum atomic E-state index is 11.7. The Morgan fingerprint density at radius 2 is 2.11 bits per heavy atom. The first-order chi connectivity index (χ1) is 8.58. The predicted octanol–water partition coefficient (Wildman–Crippen LogP) is 0.913. The van der Waals surface area contributed by atoms with Crippen molar-refractivity contribution in [2.75, 3.05) is 33.1 Å². The third kappa shape index (κ3) is 3.92. The largest absolute Gasteiger partial charge is 0.495 e. The van der Waals surface area contributed by atoms with Crippen LogP contribution in [0.25, 0.3) is 0 Å². The highest BCUT2D eigenvalue weighted by atomic mass is 16.5. The molecular weight excluding hydrogens is 230 g/mol. The second-order valence-electron chi connectivity index (χ2n) is 4.27. The lowest BCUT2D eigenvalue weighted by Crippen LogP contribution is -2.35. The molecule has 0 aliphatic rings. The van der Waals surface area contributed by atoms with Crippen molar-refractivity contribution in [1.82, 2.24) is 4.90 Å². The summed E-state index contributed by atoms with van der Waals surface area (Å²) in [6, 6.07) is 7.47. The summed E-state index contributed by atoms with van der Waals surface area (Å²) in [6.45, 7) is 0.387. The number of nitrogens with two attached hydrogens (primary N) is 1. The number of nitrogens with zero attached hydrogens (tertiary/aromatic N) is 1. The van der Waals surface area contributed by atoms with Crippen LogP contribution in [0.1, 0.15) is 6.42 Å². The van der Waals surface area contributed by atoms with Crippen LogP contribution >= 0.6 is 0 Å². The van der Waals surface area contributed by atoms with Crippen LogP contribution in [0.4, 0.5) is 5.69 Å². The monoisotopic (exact) mass is 251 g/mol. The number of amides is 1. The molecule has 0 saturated carbocycles. The van der Waals surface area contributed by atoms with Gasteiger partial charge in [-0.05, 0) is 12.1 Å². The molecule has 0 radical (unpaired) electrons. The third-order valence-electron chi connectivity index (χ3n) is 2.67. The van der Waals surface area contributed by atoms with Gasteiger partial charge in [0.05, 0.1) is 12.8 Å². The summed E-state index contributed by atoms with van der Waals surface area (Å²) in [5, 5.41) is 3.24. The van der Waals surface area contributed by atoms with Crippen molar-refractivity contribution in [2.24, 2.45) is 5.73 Å².